The van der Waals surface area contributed by atoms with E-state index < -0.39 is 0 Å². The summed E-state index contributed by atoms with van der Waals surface area (Å²) in [6.07, 6.45) is 18.4. The second-order valence-electron chi connectivity index (χ2n) is 17.5. The van der Waals surface area contributed by atoms with Gasteiger partial charge in [-0.3, -0.25) is 9.59 Å². The Morgan fingerprint density at radius 3 is 2.26 bits per heavy atom. The van der Waals surface area contributed by atoms with E-state index in [1.807, 2.05) is 0 Å². The minimum atomic E-state index is -0.0805. The molecule has 0 bridgehead atoms. The van der Waals surface area contributed by atoms with Crippen LogP contribution in [0, 0.1) is 64.1 Å². The SMILES string of the molecule is CC(=O)C1CC(C(=O)OC2CCC3(C)C(CCC4(C)C5CCC6(NCCN7CCCC7)CCCC6C5CCC34)C2C)C1C. The van der Waals surface area contributed by atoms with E-state index in [0.29, 0.717) is 34.6 Å². The maximum Gasteiger partial charge on any atom is 0.309 e. The molecule has 13 unspecified atom stereocenters. The lowest BCUT2D eigenvalue weighted by Crippen LogP contribution is -2.64. The highest BCUT2D eigenvalue weighted by atomic mass is 16.5. The Morgan fingerprint density at radius 2 is 1.51 bits per heavy atom. The van der Waals surface area contributed by atoms with Crippen LogP contribution in [0.25, 0.3) is 0 Å². The molecule has 242 valence electrons. The van der Waals surface area contributed by atoms with Crippen molar-refractivity contribution in [1.29, 1.82) is 0 Å². The molecule has 0 amide bonds. The fourth-order valence-corrected chi connectivity index (χ4v) is 13.6. The highest BCUT2D eigenvalue weighted by Crippen LogP contribution is 2.70. The summed E-state index contributed by atoms with van der Waals surface area (Å²) < 4.78 is 6.31. The number of carbonyl (C=O) groups excluding carboxylic acids is 2. The number of nitrogens with zero attached hydrogens (tertiary/aromatic N) is 1. The van der Waals surface area contributed by atoms with Crippen LogP contribution < -0.4 is 5.32 Å². The third-order valence-corrected chi connectivity index (χ3v) is 16.0. The summed E-state index contributed by atoms with van der Waals surface area (Å²) in [6.45, 7) is 16.6. The second-order valence-corrected chi connectivity index (χ2v) is 17.5. The van der Waals surface area contributed by atoms with Gasteiger partial charge in [-0.15, -0.1) is 0 Å². The van der Waals surface area contributed by atoms with Crippen molar-refractivity contribution in [2.24, 2.45) is 64.1 Å². The first kappa shape index (κ1) is 30.7. The summed E-state index contributed by atoms with van der Waals surface area (Å²) in [5, 5.41) is 4.25. The average Bonchev–Trinajstić information content (AvgIpc) is 3.64. The van der Waals surface area contributed by atoms with E-state index in [-0.39, 0.29) is 35.6 Å². The van der Waals surface area contributed by atoms with E-state index in [1.165, 1.54) is 103 Å². The minimum absolute atomic E-state index is 0.0251. The zero-order valence-electron chi connectivity index (χ0n) is 28.2. The molecule has 0 radical (unpaired) electrons. The summed E-state index contributed by atoms with van der Waals surface area (Å²) in [5.74, 6) is 4.88. The van der Waals surface area contributed by atoms with Gasteiger partial charge in [0.1, 0.15) is 11.9 Å². The number of ketones is 1. The zero-order valence-corrected chi connectivity index (χ0v) is 28.2. The molecule has 7 aliphatic rings. The molecule has 43 heavy (non-hydrogen) atoms. The van der Waals surface area contributed by atoms with Crippen LogP contribution in [0.3, 0.4) is 0 Å². The number of likely N-dealkylation sites (tertiary alicyclic amines) is 1. The van der Waals surface area contributed by atoms with Gasteiger partial charge in [0.2, 0.25) is 0 Å². The molecule has 5 nitrogen and oxygen atoms in total. The van der Waals surface area contributed by atoms with E-state index in [9.17, 15) is 9.59 Å². The van der Waals surface area contributed by atoms with Crippen LogP contribution in [0.4, 0.5) is 0 Å². The predicted molar refractivity (Wildman–Crippen MR) is 171 cm³/mol. The van der Waals surface area contributed by atoms with Crippen LogP contribution in [-0.2, 0) is 14.3 Å². The normalized spacial score (nSPS) is 51.0. The van der Waals surface area contributed by atoms with Gasteiger partial charge in [0.25, 0.3) is 0 Å². The van der Waals surface area contributed by atoms with Gasteiger partial charge in [-0.2, -0.15) is 0 Å². The maximum atomic E-state index is 13.2. The predicted octanol–water partition coefficient (Wildman–Crippen LogP) is 7.27. The molecule has 6 aliphatic carbocycles. The monoisotopic (exact) mass is 594 g/mol. The number of Topliss-reactive ketones (excluding diaryl/α,β-unsaturated/α-hetero) is 1. The van der Waals surface area contributed by atoms with Crippen molar-refractivity contribution in [3.05, 3.63) is 0 Å². The molecule has 0 aromatic heterocycles. The molecule has 1 aliphatic heterocycles. The van der Waals surface area contributed by atoms with Gasteiger partial charge in [0.15, 0.2) is 0 Å². The second kappa shape index (κ2) is 11.4. The lowest BCUT2D eigenvalue weighted by Gasteiger charge is -2.68. The molecule has 5 heteroatoms. The summed E-state index contributed by atoms with van der Waals surface area (Å²) in [6, 6.07) is 0. The summed E-state index contributed by atoms with van der Waals surface area (Å²) in [5.41, 5.74) is 1.25. The third kappa shape index (κ3) is 4.90. The van der Waals surface area contributed by atoms with Crippen LogP contribution >= 0.6 is 0 Å². The van der Waals surface area contributed by atoms with Crippen LogP contribution in [0.5, 0.6) is 0 Å². The van der Waals surface area contributed by atoms with Crippen molar-refractivity contribution >= 4 is 11.8 Å². The number of rotatable bonds is 7. The van der Waals surface area contributed by atoms with Gasteiger partial charge in [-0.05, 0) is 156 Å². The van der Waals surface area contributed by atoms with Gasteiger partial charge in [-0.1, -0.05) is 34.1 Å². The Bertz CT molecular complexity index is 1070. The summed E-state index contributed by atoms with van der Waals surface area (Å²) >= 11 is 0. The number of hydrogen-bond donors (Lipinski definition) is 1. The van der Waals surface area contributed by atoms with E-state index >= 15 is 0 Å². The Labute approximate surface area is 262 Å². The molecule has 1 saturated heterocycles. The zero-order chi connectivity index (χ0) is 30.1. The third-order valence-electron chi connectivity index (χ3n) is 16.0. The average molecular weight is 595 g/mol. The number of fused-ring (bicyclic) bond motifs is 7. The van der Waals surface area contributed by atoms with Crippen molar-refractivity contribution in [3.63, 3.8) is 0 Å². The number of hydrogen-bond acceptors (Lipinski definition) is 5. The van der Waals surface area contributed by atoms with Crippen LogP contribution in [0.2, 0.25) is 0 Å². The maximum absolute atomic E-state index is 13.2. The first-order chi connectivity index (χ1) is 20.6. The molecule has 7 fully saturated rings. The molecular formula is C38H62N2O3. The molecule has 7 rings (SSSR count). The first-order valence-electron chi connectivity index (χ1n) is 18.8. The lowest BCUT2D eigenvalue weighted by molar-refractivity contribution is -0.202. The van der Waals surface area contributed by atoms with Crippen LogP contribution in [-0.4, -0.2) is 54.5 Å². The molecular weight excluding hydrogens is 532 g/mol. The number of ether oxygens (including phenoxy) is 1. The molecule has 1 N–H and O–H groups in total. The van der Waals surface area contributed by atoms with Crippen molar-refractivity contribution in [3.8, 4) is 0 Å². The molecule has 0 aromatic rings. The van der Waals surface area contributed by atoms with Crippen molar-refractivity contribution in [2.45, 2.75) is 136 Å². The van der Waals surface area contributed by atoms with Gasteiger partial charge in [0.05, 0.1) is 5.92 Å². The van der Waals surface area contributed by atoms with E-state index in [4.69, 9.17) is 4.74 Å². The molecule has 0 aromatic carbocycles. The highest BCUT2D eigenvalue weighted by Gasteiger charge is 2.65. The Balaban J connectivity index is 1.01. The van der Waals surface area contributed by atoms with Gasteiger partial charge in [0, 0.05) is 24.5 Å². The number of nitrogens with one attached hydrogen (secondary N) is 1. The first-order valence-corrected chi connectivity index (χ1v) is 18.8. The van der Waals surface area contributed by atoms with Gasteiger partial charge >= 0.3 is 5.97 Å². The Morgan fingerprint density at radius 1 is 0.791 bits per heavy atom. The summed E-state index contributed by atoms with van der Waals surface area (Å²) in [7, 11) is 0. The summed E-state index contributed by atoms with van der Waals surface area (Å²) in [4.78, 5) is 27.8. The Hall–Kier alpha value is -0.940. The number of carbonyl (C=O) groups is 2. The standard InChI is InChI=1S/C38H62N2O3/c1-24-28(26(3)41)23-29(24)35(42)43-33-14-17-36(4)30(25(33)2)12-16-37(5)31-13-18-38(39-19-22-40-20-6-7-21-40)15-8-9-32(38)27(31)10-11-34(36)37/h24-25,27-34,39H,6-23H2,1-5H3. The smallest absolute Gasteiger partial charge is 0.309 e. The van der Waals surface area contributed by atoms with E-state index in [1.54, 1.807) is 6.92 Å². The largest absolute Gasteiger partial charge is 0.462 e. The fraction of sp³-hybridized carbons (Fsp3) is 0.947. The molecule has 6 saturated carbocycles. The number of esters is 1. The molecule has 0 spiro atoms. The minimum Gasteiger partial charge on any atom is -0.462 e. The van der Waals surface area contributed by atoms with Crippen LogP contribution in [0.1, 0.15) is 125 Å². The topological polar surface area (TPSA) is 58.6 Å². The highest BCUT2D eigenvalue weighted by molar-refractivity contribution is 5.84. The van der Waals surface area contributed by atoms with Gasteiger partial charge < -0.3 is 15.0 Å². The lowest BCUT2D eigenvalue weighted by atomic mass is 9.38. The van der Waals surface area contributed by atoms with Crippen molar-refractivity contribution < 1.29 is 14.3 Å². The van der Waals surface area contributed by atoms with Crippen molar-refractivity contribution in [1.82, 2.24) is 10.2 Å². The molecule has 1 heterocycles. The quantitative estimate of drug-likeness (QED) is 0.314. The Kier molecular flexibility index (Phi) is 8.13. The fourth-order valence-electron chi connectivity index (χ4n) is 13.6. The van der Waals surface area contributed by atoms with E-state index in [0.717, 1.165) is 30.1 Å². The van der Waals surface area contributed by atoms with Crippen LogP contribution in [0.15, 0.2) is 0 Å². The van der Waals surface area contributed by atoms with Crippen molar-refractivity contribution in [2.75, 3.05) is 26.2 Å². The van der Waals surface area contributed by atoms with E-state index in [2.05, 4.69) is 37.9 Å². The molecule has 13 atom stereocenters. The van der Waals surface area contributed by atoms with Gasteiger partial charge in [-0.25, -0.2) is 0 Å².